The van der Waals surface area contributed by atoms with Crippen molar-refractivity contribution in [3.05, 3.63) is 94.1 Å². The van der Waals surface area contributed by atoms with Crippen LogP contribution in [0.5, 0.6) is 0 Å². The minimum atomic E-state index is -3.26. The highest BCUT2D eigenvalue weighted by atomic mass is 31.1. The van der Waals surface area contributed by atoms with E-state index < -0.39 is 61.2 Å². The molecule has 6 N–H and O–H groups in total. The van der Waals surface area contributed by atoms with Gasteiger partial charge in [-0.3, -0.25) is 9.59 Å². The van der Waals surface area contributed by atoms with E-state index in [1.54, 1.807) is 27.7 Å². The quantitative estimate of drug-likeness (QED) is 0.0833. The summed E-state index contributed by atoms with van der Waals surface area (Å²) in [5.41, 5.74) is 18.1. The van der Waals surface area contributed by atoms with Gasteiger partial charge in [-0.2, -0.15) is 0 Å². The van der Waals surface area contributed by atoms with E-state index in [0.717, 1.165) is 11.1 Å². The van der Waals surface area contributed by atoms with Crippen LogP contribution in [0.3, 0.4) is 0 Å². The summed E-state index contributed by atoms with van der Waals surface area (Å²) in [7, 11) is -5.50. The Bertz CT molecular complexity index is 2230. The number of aromatic nitrogens is 8. The van der Waals surface area contributed by atoms with Crippen molar-refractivity contribution in [2.24, 2.45) is 0 Å². The molecule has 0 radical (unpaired) electrons. The maximum absolute atomic E-state index is 14.6. The highest BCUT2D eigenvalue weighted by molar-refractivity contribution is 7.38. The van der Waals surface area contributed by atoms with Gasteiger partial charge in [-0.25, -0.2) is 29.9 Å². The fraction of sp³-hybridized carbons (Fsp3) is 0.294. The molecule has 4 heterocycles. The molecule has 6 atom stereocenters. The molecule has 20 heteroatoms. The molecule has 2 aromatic carbocycles. The molecular formula is C34H38N10O7P3+. The molecule has 0 aliphatic rings. The highest BCUT2D eigenvalue weighted by Crippen LogP contribution is 2.45. The van der Waals surface area contributed by atoms with Crippen molar-refractivity contribution in [3.8, 4) is 0 Å². The standard InChI is InChI=1S/C34H38N10O7P3/c1-15-7-17(3)21(18(4)8-15)27(45)25(43-13-41-23-29(35)37-11-39-31(23)43)33(52-47)50-54(49)51-34(53-48)26(28(46)22-19(5)9-16(2)10-20(22)6)44-14-42-24-30(36)38-12-40-32(24)44/h7-14,25-26,33-34,47-48,52-53H,1-6H3,(H2,35,37,39)(H2,36,38,40)/q+1. The molecule has 6 rings (SSSR count). The van der Waals surface area contributed by atoms with Crippen LogP contribution >= 0.6 is 25.9 Å². The first-order chi connectivity index (χ1) is 25.7. The number of carbonyl (C=O) groups is 2. The first-order valence-electron chi connectivity index (χ1n) is 16.5. The van der Waals surface area contributed by atoms with Gasteiger partial charge in [-0.05, 0) is 63.8 Å². The predicted molar refractivity (Wildman–Crippen MR) is 206 cm³/mol. The molecule has 0 aliphatic carbocycles. The van der Waals surface area contributed by atoms with Crippen LogP contribution in [0.2, 0.25) is 0 Å². The largest absolute Gasteiger partial charge is 0.699 e. The Morgan fingerprint density at radius 3 is 1.33 bits per heavy atom. The Kier molecular flexibility index (Phi) is 11.5. The Balaban J connectivity index is 1.40. The smallest absolute Gasteiger partial charge is 0.382 e. The topological polar surface area (TPSA) is 249 Å². The number of anilines is 2. The van der Waals surface area contributed by atoms with Crippen molar-refractivity contribution in [3.63, 3.8) is 0 Å². The molecule has 0 spiro atoms. The molecule has 0 bridgehead atoms. The third-order valence-electron chi connectivity index (χ3n) is 8.98. The van der Waals surface area contributed by atoms with E-state index >= 15 is 0 Å². The minimum absolute atomic E-state index is 0.0616. The van der Waals surface area contributed by atoms with E-state index in [1.165, 1.54) is 34.4 Å². The number of imidazole rings is 2. The number of nitrogens with two attached hydrogens (primary N) is 2. The minimum Gasteiger partial charge on any atom is -0.382 e. The first-order valence-corrected chi connectivity index (χ1v) is 19.6. The Morgan fingerprint density at radius 2 is 1.00 bits per heavy atom. The molecule has 54 heavy (non-hydrogen) atoms. The van der Waals surface area contributed by atoms with Gasteiger partial charge in [0.2, 0.25) is 0 Å². The second kappa shape index (κ2) is 15.9. The van der Waals surface area contributed by atoms with Gasteiger partial charge in [-0.1, -0.05) is 35.4 Å². The van der Waals surface area contributed by atoms with Crippen molar-refractivity contribution in [2.75, 3.05) is 11.5 Å². The van der Waals surface area contributed by atoms with Gasteiger partial charge in [0.25, 0.3) is 0 Å². The van der Waals surface area contributed by atoms with Crippen LogP contribution in [0.4, 0.5) is 11.6 Å². The van der Waals surface area contributed by atoms with Crippen LogP contribution in [-0.2, 0) is 13.6 Å². The number of rotatable bonds is 14. The van der Waals surface area contributed by atoms with E-state index in [1.807, 2.05) is 38.1 Å². The molecule has 0 saturated carbocycles. The predicted octanol–water partition coefficient (Wildman–Crippen LogP) is 5.04. The molecule has 0 amide bonds. The fourth-order valence-electron chi connectivity index (χ4n) is 6.91. The zero-order valence-corrected chi connectivity index (χ0v) is 32.9. The molecule has 17 nitrogen and oxygen atoms in total. The van der Waals surface area contributed by atoms with Gasteiger partial charge in [0.05, 0.1) is 12.7 Å². The van der Waals surface area contributed by atoms with Gasteiger partial charge in [0, 0.05) is 33.3 Å². The summed E-state index contributed by atoms with van der Waals surface area (Å²) in [6.45, 7) is 11.0. The summed E-state index contributed by atoms with van der Waals surface area (Å²) in [6, 6.07) is 4.65. The van der Waals surface area contributed by atoms with Crippen molar-refractivity contribution < 1.29 is 33.0 Å². The monoisotopic (exact) mass is 791 g/mol. The van der Waals surface area contributed by atoms with Gasteiger partial charge >= 0.3 is 8.25 Å². The van der Waals surface area contributed by atoms with Gasteiger partial charge in [0.1, 0.15) is 35.8 Å². The number of nitrogen functional groups attached to an aromatic ring is 2. The number of benzene rings is 2. The average Bonchev–Trinajstić information content (AvgIpc) is 3.73. The number of hydrogen-bond donors (Lipinski definition) is 4. The van der Waals surface area contributed by atoms with Gasteiger partial charge in [0.15, 0.2) is 46.2 Å². The summed E-state index contributed by atoms with van der Waals surface area (Å²) in [4.78, 5) is 75.9. The average molecular weight is 792 g/mol. The van der Waals surface area contributed by atoms with Crippen LogP contribution in [0.15, 0.2) is 49.6 Å². The lowest BCUT2D eigenvalue weighted by Gasteiger charge is -2.25. The SMILES string of the molecule is Cc1cc(C)c(C(=O)C(C(O[P+](=O)OC(PO)C(C(=O)c2c(C)cc(C)cc2C)n2cnc3c(N)ncnc32)PO)n2cnc3c(N)ncnc32)c(C)c1. The third kappa shape index (κ3) is 7.36. The maximum atomic E-state index is 14.6. The summed E-state index contributed by atoms with van der Waals surface area (Å²) in [5.74, 6) is -3.84. The second-order valence-electron chi connectivity index (χ2n) is 12.9. The zero-order valence-electron chi connectivity index (χ0n) is 30.0. The van der Waals surface area contributed by atoms with E-state index in [2.05, 4.69) is 29.9 Å². The summed E-state index contributed by atoms with van der Waals surface area (Å²) in [6.07, 6.45) is 5.05. The fourth-order valence-corrected chi connectivity index (χ4v) is 9.36. The van der Waals surface area contributed by atoms with E-state index in [0.29, 0.717) is 33.4 Å². The van der Waals surface area contributed by atoms with Gasteiger partial charge in [-0.15, -0.1) is 9.05 Å². The van der Waals surface area contributed by atoms with Crippen LogP contribution in [0, 0.1) is 41.5 Å². The molecule has 0 aliphatic heterocycles. The van der Waals surface area contributed by atoms with Crippen LogP contribution in [-0.4, -0.2) is 72.1 Å². The maximum Gasteiger partial charge on any atom is 0.699 e. The van der Waals surface area contributed by atoms with Crippen molar-refractivity contribution in [1.82, 2.24) is 39.0 Å². The number of fused-ring (bicyclic) bond motifs is 2. The molecule has 280 valence electrons. The molecule has 0 fully saturated rings. The zero-order chi connectivity index (χ0) is 39.0. The van der Waals surface area contributed by atoms with Gasteiger partial charge < -0.3 is 30.4 Å². The van der Waals surface area contributed by atoms with Crippen molar-refractivity contribution >= 4 is 71.4 Å². The molecule has 6 aromatic rings. The lowest BCUT2D eigenvalue weighted by molar-refractivity contribution is 0.0799. The lowest BCUT2D eigenvalue weighted by atomic mass is 9.93. The Hall–Kier alpha value is -4.72. The normalized spacial score (nSPS) is 14.7. The molecule has 4 aromatic heterocycles. The van der Waals surface area contributed by atoms with Crippen LogP contribution in [0.1, 0.15) is 66.2 Å². The summed E-state index contributed by atoms with van der Waals surface area (Å²) < 4.78 is 28.5. The molecule has 0 saturated heterocycles. The highest BCUT2D eigenvalue weighted by Gasteiger charge is 2.45. The lowest BCUT2D eigenvalue weighted by Crippen LogP contribution is -2.32. The number of ketones is 2. The first kappa shape index (κ1) is 39.0. The number of nitrogens with zero attached hydrogens (tertiary/aromatic N) is 8. The second-order valence-corrected chi connectivity index (χ2v) is 15.4. The van der Waals surface area contributed by atoms with Crippen molar-refractivity contribution in [1.29, 1.82) is 0 Å². The third-order valence-corrected chi connectivity index (χ3v) is 11.6. The number of hydrogen-bond acceptors (Lipinski definition) is 15. The Morgan fingerprint density at radius 1 is 0.648 bits per heavy atom. The number of carbonyl (C=O) groups excluding carboxylic acids is 2. The van der Waals surface area contributed by atoms with E-state index in [4.69, 9.17) is 20.5 Å². The number of Topliss-reactive ketones (excluding diaryl/α,β-unsaturated/α-hetero) is 2. The Labute approximate surface area is 313 Å². The summed E-state index contributed by atoms with van der Waals surface area (Å²) >= 11 is 0. The van der Waals surface area contributed by atoms with Crippen LogP contribution in [0.25, 0.3) is 22.3 Å². The number of aryl methyl sites for hydroxylation is 6. The van der Waals surface area contributed by atoms with E-state index in [-0.39, 0.29) is 34.0 Å². The van der Waals surface area contributed by atoms with E-state index in [9.17, 15) is 23.9 Å². The van der Waals surface area contributed by atoms with Crippen LogP contribution < -0.4 is 11.5 Å². The molecular weight excluding hydrogens is 753 g/mol. The van der Waals surface area contributed by atoms with Crippen molar-refractivity contribution in [2.45, 2.75) is 65.3 Å². The molecule has 6 unspecified atom stereocenters. The summed E-state index contributed by atoms with van der Waals surface area (Å²) in [5, 5.41) is 0.